The number of aromatic nitrogens is 2. The van der Waals surface area contributed by atoms with Crippen molar-refractivity contribution in [1.29, 1.82) is 0 Å². The summed E-state index contributed by atoms with van der Waals surface area (Å²) in [5.74, 6) is 0.635. The maximum Gasteiger partial charge on any atom is 0.257 e. The SMILES string of the molecule is COc1cccc(C(=O)Nc2nc(-c3csc(NC(=O)c4cccc(OC)c4)n3)cs2)c1. The Kier molecular flexibility index (Phi) is 6.43. The molecule has 0 bridgehead atoms. The molecule has 0 aliphatic carbocycles. The molecule has 2 N–H and O–H groups in total. The molecule has 4 rings (SSSR count). The smallest absolute Gasteiger partial charge is 0.257 e. The van der Waals surface area contributed by atoms with E-state index in [0.29, 0.717) is 44.3 Å². The molecule has 0 aliphatic heterocycles. The lowest BCUT2D eigenvalue weighted by atomic mass is 10.2. The van der Waals surface area contributed by atoms with Gasteiger partial charge < -0.3 is 9.47 Å². The highest BCUT2D eigenvalue weighted by atomic mass is 32.1. The minimum absolute atomic E-state index is 0.283. The summed E-state index contributed by atoms with van der Waals surface area (Å²) in [5.41, 5.74) is 2.15. The number of anilines is 2. The van der Waals surface area contributed by atoms with Crippen molar-refractivity contribution in [2.75, 3.05) is 24.9 Å². The van der Waals surface area contributed by atoms with Crippen molar-refractivity contribution in [3.8, 4) is 22.9 Å². The first kappa shape index (κ1) is 21.5. The van der Waals surface area contributed by atoms with E-state index in [-0.39, 0.29) is 11.8 Å². The van der Waals surface area contributed by atoms with E-state index in [2.05, 4.69) is 20.6 Å². The Labute approximate surface area is 191 Å². The fourth-order valence-electron chi connectivity index (χ4n) is 2.76. The van der Waals surface area contributed by atoms with Crippen LogP contribution in [0.25, 0.3) is 11.4 Å². The van der Waals surface area contributed by atoms with Crippen LogP contribution in [0.3, 0.4) is 0 Å². The normalized spacial score (nSPS) is 10.4. The molecule has 10 heteroatoms. The molecule has 0 unspecified atom stereocenters. The van der Waals surface area contributed by atoms with Gasteiger partial charge in [-0.1, -0.05) is 12.1 Å². The Morgan fingerprint density at radius 1 is 0.750 bits per heavy atom. The van der Waals surface area contributed by atoms with Crippen LogP contribution >= 0.6 is 22.7 Å². The van der Waals surface area contributed by atoms with Crippen LogP contribution in [-0.2, 0) is 0 Å². The number of amides is 2. The lowest BCUT2D eigenvalue weighted by molar-refractivity contribution is 0.101. The molecule has 0 aliphatic rings. The van der Waals surface area contributed by atoms with Crippen molar-refractivity contribution in [1.82, 2.24) is 9.97 Å². The average Bonchev–Trinajstić information content (AvgIpc) is 3.48. The lowest BCUT2D eigenvalue weighted by Crippen LogP contribution is -2.12. The highest BCUT2D eigenvalue weighted by Gasteiger charge is 2.14. The van der Waals surface area contributed by atoms with E-state index < -0.39 is 0 Å². The average molecular weight is 467 g/mol. The van der Waals surface area contributed by atoms with Crippen molar-refractivity contribution in [2.24, 2.45) is 0 Å². The van der Waals surface area contributed by atoms with E-state index in [1.54, 1.807) is 73.5 Å². The van der Waals surface area contributed by atoms with Crippen LogP contribution < -0.4 is 20.1 Å². The summed E-state index contributed by atoms with van der Waals surface area (Å²) in [7, 11) is 3.09. The Hall–Kier alpha value is -3.76. The van der Waals surface area contributed by atoms with Gasteiger partial charge in [-0.2, -0.15) is 0 Å². The fourth-order valence-corrected chi connectivity index (χ4v) is 4.16. The first-order valence-electron chi connectivity index (χ1n) is 9.38. The molecule has 8 nitrogen and oxygen atoms in total. The van der Waals surface area contributed by atoms with Gasteiger partial charge in [0.1, 0.15) is 22.9 Å². The summed E-state index contributed by atoms with van der Waals surface area (Å²) in [6.07, 6.45) is 0. The van der Waals surface area contributed by atoms with Gasteiger partial charge in [0.2, 0.25) is 0 Å². The summed E-state index contributed by atoms with van der Waals surface area (Å²) in [6, 6.07) is 13.7. The predicted molar refractivity (Wildman–Crippen MR) is 125 cm³/mol. The molecule has 2 amide bonds. The maximum absolute atomic E-state index is 12.5. The number of benzene rings is 2. The van der Waals surface area contributed by atoms with Gasteiger partial charge in [0, 0.05) is 21.9 Å². The van der Waals surface area contributed by atoms with E-state index in [0.717, 1.165) is 0 Å². The standard InChI is InChI=1S/C22H18N4O4S2/c1-29-15-7-3-5-13(9-15)19(27)25-21-23-17(11-31-21)18-12-32-22(24-18)26-20(28)14-6-4-8-16(10-14)30-2/h3-12H,1-2H3,(H,23,25,27)(H,24,26,28). The topological polar surface area (TPSA) is 102 Å². The van der Waals surface area contributed by atoms with Gasteiger partial charge in [-0.05, 0) is 36.4 Å². The minimum Gasteiger partial charge on any atom is -0.497 e. The van der Waals surface area contributed by atoms with Gasteiger partial charge in [-0.25, -0.2) is 9.97 Å². The zero-order valence-corrected chi connectivity index (χ0v) is 18.8. The quantitative estimate of drug-likeness (QED) is 0.406. The number of hydrogen-bond donors (Lipinski definition) is 2. The molecule has 0 spiro atoms. The van der Waals surface area contributed by atoms with Gasteiger partial charge in [0.15, 0.2) is 10.3 Å². The van der Waals surface area contributed by atoms with Crippen molar-refractivity contribution in [2.45, 2.75) is 0 Å². The van der Waals surface area contributed by atoms with Crippen molar-refractivity contribution in [3.63, 3.8) is 0 Å². The predicted octanol–water partition coefficient (Wildman–Crippen LogP) is 4.79. The van der Waals surface area contributed by atoms with Gasteiger partial charge in [-0.3, -0.25) is 20.2 Å². The Balaban J connectivity index is 1.42. The number of carbonyl (C=O) groups excluding carboxylic acids is 2. The van der Waals surface area contributed by atoms with Crippen molar-refractivity contribution < 1.29 is 19.1 Å². The summed E-state index contributed by atoms with van der Waals surface area (Å²) in [6.45, 7) is 0. The molecule has 0 radical (unpaired) electrons. The van der Waals surface area contributed by atoms with Gasteiger partial charge in [-0.15, -0.1) is 22.7 Å². The number of rotatable bonds is 7. The van der Waals surface area contributed by atoms with E-state index in [1.165, 1.54) is 22.7 Å². The third kappa shape index (κ3) is 4.93. The number of thiazole rings is 2. The summed E-state index contributed by atoms with van der Waals surface area (Å²) < 4.78 is 10.3. The van der Waals surface area contributed by atoms with Crippen LogP contribution in [0.5, 0.6) is 11.5 Å². The van der Waals surface area contributed by atoms with Gasteiger partial charge >= 0.3 is 0 Å². The van der Waals surface area contributed by atoms with Crippen LogP contribution in [0.4, 0.5) is 10.3 Å². The molecule has 2 aromatic carbocycles. The second kappa shape index (κ2) is 9.58. The van der Waals surface area contributed by atoms with Crippen molar-refractivity contribution in [3.05, 3.63) is 70.4 Å². The molecule has 32 heavy (non-hydrogen) atoms. The van der Waals surface area contributed by atoms with Crippen LogP contribution in [0, 0.1) is 0 Å². The highest BCUT2D eigenvalue weighted by Crippen LogP contribution is 2.29. The number of nitrogens with one attached hydrogen (secondary N) is 2. The van der Waals surface area contributed by atoms with Crippen LogP contribution in [0.2, 0.25) is 0 Å². The van der Waals surface area contributed by atoms with E-state index in [9.17, 15) is 9.59 Å². The second-order valence-electron chi connectivity index (χ2n) is 6.45. The summed E-state index contributed by atoms with van der Waals surface area (Å²) >= 11 is 2.58. The van der Waals surface area contributed by atoms with Crippen LogP contribution in [-0.4, -0.2) is 36.0 Å². The molecule has 0 atom stereocenters. The third-order valence-corrected chi connectivity index (χ3v) is 5.89. The number of nitrogens with zero attached hydrogens (tertiary/aromatic N) is 2. The highest BCUT2D eigenvalue weighted by molar-refractivity contribution is 7.15. The van der Waals surface area contributed by atoms with E-state index in [1.807, 2.05) is 0 Å². The molecular weight excluding hydrogens is 448 g/mol. The molecule has 2 aromatic heterocycles. The number of methoxy groups -OCH3 is 2. The Bertz CT molecular complexity index is 1170. The van der Waals surface area contributed by atoms with Crippen LogP contribution in [0.15, 0.2) is 59.3 Å². The maximum atomic E-state index is 12.5. The number of hydrogen-bond acceptors (Lipinski definition) is 8. The molecule has 4 aromatic rings. The molecule has 2 heterocycles. The van der Waals surface area contributed by atoms with Gasteiger partial charge in [0.05, 0.1) is 14.2 Å². The summed E-state index contributed by atoms with van der Waals surface area (Å²) in [4.78, 5) is 33.8. The first-order valence-corrected chi connectivity index (χ1v) is 11.1. The van der Waals surface area contributed by atoms with E-state index >= 15 is 0 Å². The minimum atomic E-state index is -0.283. The molecule has 0 saturated heterocycles. The van der Waals surface area contributed by atoms with Crippen molar-refractivity contribution >= 4 is 44.8 Å². The third-order valence-electron chi connectivity index (χ3n) is 4.38. The number of carbonyl (C=O) groups is 2. The monoisotopic (exact) mass is 466 g/mol. The zero-order valence-electron chi connectivity index (χ0n) is 17.1. The lowest BCUT2D eigenvalue weighted by Gasteiger charge is -2.04. The Morgan fingerprint density at radius 3 is 1.59 bits per heavy atom. The first-order chi connectivity index (χ1) is 15.6. The molecular formula is C22H18N4O4S2. The second-order valence-corrected chi connectivity index (χ2v) is 8.16. The summed E-state index contributed by atoms with van der Waals surface area (Å²) in [5, 5.41) is 10.0. The van der Waals surface area contributed by atoms with Crippen LogP contribution in [0.1, 0.15) is 20.7 Å². The zero-order chi connectivity index (χ0) is 22.5. The van der Waals surface area contributed by atoms with E-state index in [4.69, 9.17) is 9.47 Å². The van der Waals surface area contributed by atoms with Gasteiger partial charge in [0.25, 0.3) is 11.8 Å². The largest absolute Gasteiger partial charge is 0.497 e. The Morgan fingerprint density at radius 2 is 1.19 bits per heavy atom. The fraction of sp³-hybridized carbons (Fsp3) is 0.0909. The molecule has 162 valence electrons. The molecule has 0 saturated carbocycles. The number of ether oxygens (including phenoxy) is 2. The molecule has 0 fully saturated rings.